The highest BCUT2D eigenvalue weighted by Gasteiger charge is 2.05. The van der Waals surface area contributed by atoms with E-state index in [2.05, 4.69) is 20.3 Å². The summed E-state index contributed by atoms with van der Waals surface area (Å²) in [7, 11) is 0. The lowest BCUT2D eigenvalue weighted by molar-refractivity contribution is 0.0690. The predicted octanol–water partition coefficient (Wildman–Crippen LogP) is 1.22. The van der Waals surface area contributed by atoms with Gasteiger partial charge in [-0.05, 0) is 18.2 Å². The summed E-state index contributed by atoms with van der Waals surface area (Å²) in [5, 5.41) is 11.7. The van der Waals surface area contributed by atoms with Crippen LogP contribution in [-0.2, 0) is 6.42 Å². The minimum Gasteiger partial charge on any atom is -0.477 e. The van der Waals surface area contributed by atoms with Gasteiger partial charge in [-0.15, -0.1) is 0 Å². The normalized spacial score (nSPS) is 10.0. The predicted molar refractivity (Wildman–Crippen MR) is 65.4 cm³/mol. The smallest absolute Gasteiger partial charge is 0.354 e. The van der Waals surface area contributed by atoms with E-state index in [1.807, 2.05) is 18.2 Å². The first-order valence-corrected chi connectivity index (χ1v) is 5.46. The molecule has 0 aliphatic carbocycles. The number of carboxylic acid groups (broad SMARTS) is 1. The second kappa shape index (κ2) is 5.72. The molecule has 0 saturated heterocycles. The van der Waals surface area contributed by atoms with Crippen LogP contribution in [0.15, 0.2) is 36.7 Å². The first-order valence-electron chi connectivity index (χ1n) is 5.46. The van der Waals surface area contributed by atoms with Crippen molar-refractivity contribution in [3.63, 3.8) is 0 Å². The molecule has 0 aliphatic rings. The highest BCUT2D eigenvalue weighted by atomic mass is 16.4. The Hall–Kier alpha value is -2.50. The molecule has 0 aromatic carbocycles. The van der Waals surface area contributed by atoms with Gasteiger partial charge in [-0.25, -0.2) is 14.8 Å². The molecular formula is C12H12N4O2. The van der Waals surface area contributed by atoms with Crippen molar-refractivity contribution in [2.45, 2.75) is 6.42 Å². The van der Waals surface area contributed by atoms with Crippen molar-refractivity contribution in [1.29, 1.82) is 0 Å². The van der Waals surface area contributed by atoms with Crippen LogP contribution in [0.5, 0.6) is 0 Å². The molecule has 0 radical (unpaired) electrons. The van der Waals surface area contributed by atoms with Gasteiger partial charge < -0.3 is 10.4 Å². The van der Waals surface area contributed by atoms with E-state index in [-0.39, 0.29) is 5.69 Å². The Balaban J connectivity index is 1.90. The molecule has 0 aliphatic heterocycles. The molecule has 2 N–H and O–H groups in total. The summed E-state index contributed by atoms with van der Waals surface area (Å²) in [5.74, 6) is -0.754. The molecule has 18 heavy (non-hydrogen) atoms. The summed E-state index contributed by atoms with van der Waals surface area (Å²) < 4.78 is 0. The standard InChI is InChI=1S/C12H12N4O2/c17-11(18)10-5-8-15-12(16-10)14-7-4-9-3-1-2-6-13-9/h1-3,5-6,8H,4,7H2,(H,17,18)(H,14,15,16). The van der Waals surface area contributed by atoms with Crippen LogP contribution in [0.4, 0.5) is 5.95 Å². The first kappa shape index (κ1) is 12.0. The van der Waals surface area contributed by atoms with Gasteiger partial charge >= 0.3 is 5.97 Å². The quantitative estimate of drug-likeness (QED) is 0.822. The lowest BCUT2D eigenvalue weighted by Crippen LogP contribution is -2.10. The van der Waals surface area contributed by atoms with E-state index in [1.54, 1.807) is 6.20 Å². The SMILES string of the molecule is O=C(O)c1ccnc(NCCc2ccccn2)n1. The molecule has 92 valence electrons. The number of hydrogen-bond acceptors (Lipinski definition) is 5. The van der Waals surface area contributed by atoms with Crippen molar-refractivity contribution >= 4 is 11.9 Å². The van der Waals surface area contributed by atoms with Gasteiger partial charge in [-0.2, -0.15) is 0 Å². The van der Waals surface area contributed by atoms with E-state index in [9.17, 15) is 4.79 Å². The fourth-order valence-corrected chi connectivity index (χ4v) is 1.41. The zero-order valence-electron chi connectivity index (χ0n) is 9.58. The third-order valence-corrected chi connectivity index (χ3v) is 2.27. The van der Waals surface area contributed by atoms with Gasteiger partial charge in [-0.3, -0.25) is 4.98 Å². The van der Waals surface area contributed by atoms with Crippen LogP contribution in [-0.4, -0.2) is 32.6 Å². The highest BCUT2D eigenvalue weighted by molar-refractivity contribution is 5.85. The molecule has 0 atom stereocenters. The van der Waals surface area contributed by atoms with Crippen molar-refractivity contribution in [2.75, 3.05) is 11.9 Å². The third-order valence-electron chi connectivity index (χ3n) is 2.27. The molecule has 2 rings (SSSR count). The number of nitrogens with one attached hydrogen (secondary N) is 1. The average molecular weight is 244 g/mol. The van der Waals surface area contributed by atoms with E-state index in [0.717, 1.165) is 12.1 Å². The van der Waals surface area contributed by atoms with E-state index in [1.165, 1.54) is 12.3 Å². The zero-order chi connectivity index (χ0) is 12.8. The Kier molecular flexibility index (Phi) is 3.80. The Labute approximate surface area is 104 Å². The molecular weight excluding hydrogens is 232 g/mol. The maximum Gasteiger partial charge on any atom is 0.354 e. The van der Waals surface area contributed by atoms with Gasteiger partial charge in [0.2, 0.25) is 5.95 Å². The second-order valence-corrected chi connectivity index (χ2v) is 3.57. The lowest BCUT2D eigenvalue weighted by atomic mass is 10.3. The number of aromatic nitrogens is 3. The van der Waals surface area contributed by atoms with Gasteiger partial charge in [0.1, 0.15) is 0 Å². The van der Waals surface area contributed by atoms with E-state index < -0.39 is 5.97 Å². The second-order valence-electron chi connectivity index (χ2n) is 3.57. The zero-order valence-corrected chi connectivity index (χ0v) is 9.58. The highest BCUT2D eigenvalue weighted by Crippen LogP contribution is 2.01. The van der Waals surface area contributed by atoms with Crippen LogP contribution in [0, 0.1) is 0 Å². The Bertz CT molecular complexity index is 531. The molecule has 6 nitrogen and oxygen atoms in total. The fraction of sp³-hybridized carbons (Fsp3) is 0.167. The van der Waals surface area contributed by atoms with Crippen molar-refractivity contribution in [1.82, 2.24) is 15.0 Å². The number of anilines is 1. The first-order chi connectivity index (χ1) is 8.75. The topological polar surface area (TPSA) is 88.0 Å². The minimum atomic E-state index is -1.06. The molecule has 2 aromatic rings. The number of pyridine rings is 1. The van der Waals surface area contributed by atoms with E-state index in [4.69, 9.17) is 5.11 Å². The van der Waals surface area contributed by atoms with Crippen molar-refractivity contribution < 1.29 is 9.90 Å². The van der Waals surface area contributed by atoms with Gasteiger partial charge in [0, 0.05) is 31.1 Å². The number of aromatic carboxylic acids is 1. The number of rotatable bonds is 5. The van der Waals surface area contributed by atoms with Gasteiger partial charge in [0.25, 0.3) is 0 Å². The van der Waals surface area contributed by atoms with Crippen LogP contribution in [0.1, 0.15) is 16.2 Å². The van der Waals surface area contributed by atoms with Gasteiger partial charge in [0.05, 0.1) is 0 Å². The van der Waals surface area contributed by atoms with Crippen molar-refractivity contribution in [3.05, 3.63) is 48.0 Å². The summed E-state index contributed by atoms with van der Waals surface area (Å²) in [6.07, 6.45) is 3.87. The molecule has 2 heterocycles. The minimum absolute atomic E-state index is 0.0228. The maximum absolute atomic E-state index is 10.7. The van der Waals surface area contributed by atoms with Gasteiger partial charge in [0.15, 0.2) is 5.69 Å². The van der Waals surface area contributed by atoms with Crippen LogP contribution in [0.25, 0.3) is 0 Å². The molecule has 0 unspecified atom stereocenters. The maximum atomic E-state index is 10.7. The van der Waals surface area contributed by atoms with Gasteiger partial charge in [-0.1, -0.05) is 6.07 Å². The molecule has 0 amide bonds. The van der Waals surface area contributed by atoms with E-state index >= 15 is 0 Å². The number of hydrogen-bond donors (Lipinski definition) is 2. The summed E-state index contributed by atoms with van der Waals surface area (Å²) in [4.78, 5) is 22.7. The van der Waals surface area contributed by atoms with Crippen molar-refractivity contribution in [2.24, 2.45) is 0 Å². The summed E-state index contributed by atoms with van der Waals surface area (Å²) in [6.45, 7) is 0.597. The van der Waals surface area contributed by atoms with Crippen LogP contribution >= 0.6 is 0 Å². The third kappa shape index (κ3) is 3.24. The van der Waals surface area contributed by atoms with E-state index in [0.29, 0.717) is 12.5 Å². The summed E-state index contributed by atoms with van der Waals surface area (Å²) in [5.41, 5.74) is 0.935. The summed E-state index contributed by atoms with van der Waals surface area (Å²) in [6, 6.07) is 7.06. The number of carbonyl (C=O) groups is 1. The molecule has 0 fully saturated rings. The van der Waals surface area contributed by atoms with Crippen LogP contribution in [0.3, 0.4) is 0 Å². The molecule has 0 bridgehead atoms. The Morgan fingerprint density at radius 2 is 2.11 bits per heavy atom. The van der Waals surface area contributed by atoms with Crippen LogP contribution < -0.4 is 5.32 Å². The largest absolute Gasteiger partial charge is 0.477 e. The number of carboxylic acids is 1. The molecule has 2 aromatic heterocycles. The molecule has 6 heteroatoms. The Morgan fingerprint density at radius 1 is 1.22 bits per heavy atom. The summed E-state index contributed by atoms with van der Waals surface area (Å²) >= 11 is 0. The average Bonchev–Trinajstić information content (AvgIpc) is 2.40. The fourth-order valence-electron chi connectivity index (χ4n) is 1.41. The lowest BCUT2D eigenvalue weighted by Gasteiger charge is -2.04. The molecule has 0 spiro atoms. The van der Waals surface area contributed by atoms with Crippen molar-refractivity contribution in [3.8, 4) is 0 Å². The Morgan fingerprint density at radius 3 is 2.83 bits per heavy atom. The monoisotopic (exact) mass is 244 g/mol. The number of nitrogens with zero attached hydrogens (tertiary/aromatic N) is 3. The molecule has 0 saturated carbocycles. The van der Waals surface area contributed by atoms with Crippen LogP contribution in [0.2, 0.25) is 0 Å².